The number of hydroxylamine groups is 1. The lowest BCUT2D eigenvalue weighted by Gasteiger charge is -2.02. The Balaban J connectivity index is 2.87. The lowest BCUT2D eigenvalue weighted by atomic mass is 10.1. The SMILES string of the molecule is CCCCCCCCNOC(C)=O. The van der Waals surface area contributed by atoms with Gasteiger partial charge in [-0.1, -0.05) is 39.0 Å². The van der Waals surface area contributed by atoms with E-state index in [0.29, 0.717) is 0 Å². The van der Waals surface area contributed by atoms with Crippen LogP contribution >= 0.6 is 0 Å². The van der Waals surface area contributed by atoms with Crippen LogP contribution < -0.4 is 5.48 Å². The van der Waals surface area contributed by atoms with Crippen molar-refractivity contribution in [2.75, 3.05) is 6.54 Å². The normalized spacial score (nSPS) is 10.0. The van der Waals surface area contributed by atoms with Gasteiger partial charge < -0.3 is 4.84 Å². The van der Waals surface area contributed by atoms with Crippen LogP contribution in [0.2, 0.25) is 0 Å². The maximum atomic E-state index is 10.3. The molecule has 0 aliphatic heterocycles. The Bertz CT molecular complexity index is 126. The van der Waals surface area contributed by atoms with Crippen LogP contribution in [0.25, 0.3) is 0 Å². The molecule has 0 heterocycles. The molecule has 0 aliphatic carbocycles. The van der Waals surface area contributed by atoms with Gasteiger partial charge in [0, 0.05) is 13.5 Å². The first-order valence-electron chi connectivity index (χ1n) is 5.17. The summed E-state index contributed by atoms with van der Waals surface area (Å²) in [5, 5.41) is 0. The maximum Gasteiger partial charge on any atom is 0.321 e. The zero-order chi connectivity index (χ0) is 9.94. The van der Waals surface area contributed by atoms with E-state index in [9.17, 15) is 4.79 Å². The number of nitrogens with one attached hydrogen (secondary N) is 1. The summed E-state index contributed by atoms with van der Waals surface area (Å²) < 4.78 is 0. The lowest BCUT2D eigenvalue weighted by molar-refractivity contribution is -0.148. The molecule has 0 aromatic heterocycles. The monoisotopic (exact) mass is 187 g/mol. The van der Waals surface area contributed by atoms with Crippen molar-refractivity contribution >= 4 is 5.97 Å². The minimum Gasteiger partial charge on any atom is -0.371 e. The molecule has 13 heavy (non-hydrogen) atoms. The second-order valence-corrected chi connectivity index (χ2v) is 3.26. The van der Waals surface area contributed by atoms with Crippen molar-refractivity contribution < 1.29 is 9.63 Å². The summed E-state index contributed by atoms with van der Waals surface area (Å²) in [4.78, 5) is 14.9. The third-order valence-corrected chi connectivity index (χ3v) is 1.85. The van der Waals surface area contributed by atoms with Gasteiger partial charge in [-0.2, -0.15) is 5.48 Å². The first-order chi connectivity index (χ1) is 6.27. The molecular weight excluding hydrogens is 166 g/mol. The lowest BCUT2D eigenvalue weighted by Crippen LogP contribution is -2.18. The van der Waals surface area contributed by atoms with Crippen molar-refractivity contribution in [2.45, 2.75) is 52.4 Å². The molecule has 0 spiro atoms. The smallest absolute Gasteiger partial charge is 0.321 e. The van der Waals surface area contributed by atoms with E-state index in [1.165, 1.54) is 39.0 Å². The predicted molar refractivity (Wildman–Crippen MR) is 53.1 cm³/mol. The van der Waals surface area contributed by atoms with Crippen LogP contribution in [0.5, 0.6) is 0 Å². The van der Waals surface area contributed by atoms with E-state index in [1.807, 2.05) is 0 Å². The van der Waals surface area contributed by atoms with Gasteiger partial charge >= 0.3 is 5.97 Å². The summed E-state index contributed by atoms with van der Waals surface area (Å²) in [6.07, 6.45) is 7.52. The van der Waals surface area contributed by atoms with Gasteiger partial charge in [-0.15, -0.1) is 0 Å². The molecule has 1 N–H and O–H groups in total. The van der Waals surface area contributed by atoms with E-state index in [0.717, 1.165) is 13.0 Å². The summed E-state index contributed by atoms with van der Waals surface area (Å²) in [6, 6.07) is 0. The van der Waals surface area contributed by atoms with Crippen molar-refractivity contribution in [2.24, 2.45) is 0 Å². The molecular formula is C10H21NO2. The Morgan fingerprint density at radius 1 is 1.15 bits per heavy atom. The molecule has 3 nitrogen and oxygen atoms in total. The first kappa shape index (κ1) is 12.4. The van der Waals surface area contributed by atoms with Crippen LogP contribution in [0.15, 0.2) is 0 Å². The average molecular weight is 187 g/mol. The number of hydrogen-bond acceptors (Lipinski definition) is 3. The number of unbranched alkanes of at least 4 members (excludes halogenated alkanes) is 5. The van der Waals surface area contributed by atoms with Gasteiger partial charge in [-0.25, -0.2) is 0 Å². The van der Waals surface area contributed by atoms with Crippen molar-refractivity contribution in [3.8, 4) is 0 Å². The minimum atomic E-state index is -0.272. The van der Waals surface area contributed by atoms with Crippen molar-refractivity contribution in [3.05, 3.63) is 0 Å². The summed E-state index contributed by atoms with van der Waals surface area (Å²) in [5.41, 5.74) is 2.63. The molecule has 0 rings (SSSR count). The van der Waals surface area contributed by atoms with E-state index in [2.05, 4.69) is 17.2 Å². The molecule has 0 atom stereocenters. The van der Waals surface area contributed by atoms with Crippen LogP contribution in [0.3, 0.4) is 0 Å². The highest BCUT2D eigenvalue weighted by atomic mass is 16.7. The Morgan fingerprint density at radius 3 is 2.38 bits per heavy atom. The first-order valence-corrected chi connectivity index (χ1v) is 5.17. The van der Waals surface area contributed by atoms with E-state index >= 15 is 0 Å². The highest BCUT2D eigenvalue weighted by Crippen LogP contribution is 2.03. The third-order valence-electron chi connectivity index (χ3n) is 1.85. The fourth-order valence-corrected chi connectivity index (χ4v) is 1.13. The maximum absolute atomic E-state index is 10.3. The molecule has 3 heteroatoms. The summed E-state index contributed by atoms with van der Waals surface area (Å²) >= 11 is 0. The van der Waals surface area contributed by atoms with Gasteiger partial charge in [0.05, 0.1) is 0 Å². The van der Waals surface area contributed by atoms with E-state index < -0.39 is 0 Å². The van der Waals surface area contributed by atoms with Gasteiger partial charge in [0.1, 0.15) is 0 Å². The molecule has 0 aromatic rings. The molecule has 0 unspecified atom stereocenters. The predicted octanol–water partition coefficient (Wildman–Crippen LogP) is 2.41. The molecule has 0 amide bonds. The van der Waals surface area contributed by atoms with Crippen LogP contribution in [-0.2, 0) is 9.63 Å². The number of carbonyl (C=O) groups excluding carboxylic acids is 1. The minimum absolute atomic E-state index is 0.272. The Kier molecular flexibility index (Phi) is 9.10. The molecule has 0 aromatic carbocycles. The zero-order valence-electron chi connectivity index (χ0n) is 8.77. The Hall–Kier alpha value is -0.570. The van der Waals surface area contributed by atoms with Crippen molar-refractivity contribution in [3.63, 3.8) is 0 Å². The van der Waals surface area contributed by atoms with Crippen LogP contribution in [0.4, 0.5) is 0 Å². The molecule has 0 radical (unpaired) electrons. The van der Waals surface area contributed by atoms with Crippen LogP contribution in [0.1, 0.15) is 52.4 Å². The quantitative estimate of drug-likeness (QED) is 0.468. The average Bonchev–Trinajstić information content (AvgIpc) is 2.09. The summed E-state index contributed by atoms with van der Waals surface area (Å²) in [6.45, 7) is 4.38. The summed E-state index contributed by atoms with van der Waals surface area (Å²) in [5.74, 6) is -0.272. The molecule has 0 saturated carbocycles. The van der Waals surface area contributed by atoms with E-state index in [1.54, 1.807) is 0 Å². The molecule has 0 aliphatic rings. The third kappa shape index (κ3) is 11.4. The second kappa shape index (κ2) is 9.52. The van der Waals surface area contributed by atoms with E-state index in [4.69, 9.17) is 0 Å². The molecule has 78 valence electrons. The van der Waals surface area contributed by atoms with Gasteiger partial charge in [-0.3, -0.25) is 4.79 Å². The topological polar surface area (TPSA) is 38.3 Å². The highest BCUT2D eigenvalue weighted by Gasteiger charge is 1.92. The fraction of sp³-hybridized carbons (Fsp3) is 0.900. The highest BCUT2D eigenvalue weighted by molar-refractivity contribution is 5.65. The van der Waals surface area contributed by atoms with Crippen LogP contribution in [0, 0.1) is 0 Å². The van der Waals surface area contributed by atoms with E-state index in [-0.39, 0.29) is 5.97 Å². The molecule has 0 fully saturated rings. The second-order valence-electron chi connectivity index (χ2n) is 3.26. The standard InChI is InChI=1S/C10H21NO2/c1-3-4-5-6-7-8-9-11-13-10(2)12/h11H,3-9H2,1-2H3. The molecule has 0 bridgehead atoms. The van der Waals surface area contributed by atoms with Gasteiger partial charge in [0.15, 0.2) is 0 Å². The molecule has 0 saturated heterocycles. The zero-order valence-corrected chi connectivity index (χ0v) is 8.77. The van der Waals surface area contributed by atoms with Crippen molar-refractivity contribution in [1.82, 2.24) is 5.48 Å². The largest absolute Gasteiger partial charge is 0.371 e. The fourth-order valence-electron chi connectivity index (χ4n) is 1.13. The van der Waals surface area contributed by atoms with Gasteiger partial charge in [0.25, 0.3) is 0 Å². The number of rotatable bonds is 8. The Labute approximate surface area is 80.8 Å². The summed E-state index contributed by atoms with van der Waals surface area (Å²) in [7, 11) is 0. The van der Waals surface area contributed by atoms with Gasteiger partial charge in [-0.05, 0) is 6.42 Å². The number of carbonyl (C=O) groups is 1. The van der Waals surface area contributed by atoms with Gasteiger partial charge in [0.2, 0.25) is 0 Å². The number of hydrogen-bond donors (Lipinski definition) is 1. The van der Waals surface area contributed by atoms with Crippen molar-refractivity contribution in [1.29, 1.82) is 0 Å². The van der Waals surface area contributed by atoms with Crippen LogP contribution in [-0.4, -0.2) is 12.5 Å². The Morgan fingerprint density at radius 2 is 1.77 bits per heavy atom.